The number of benzene rings is 1. The number of nitrogens with one attached hydrogen (secondary N) is 1. The summed E-state index contributed by atoms with van der Waals surface area (Å²) in [6.07, 6.45) is 3.72. The van der Waals surface area contributed by atoms with Crippen LogP contribution in [0.25, 0.3) is 0 Å². The van der Waals surface area contributed by atoms with Crippen LogP contribution in [0.15, 0.2) is 24.3 Å². The van der Waals surface area contributed by atoms with Crippen LogP contribution in [-0.2, 0) is 22.4 Å². The van der Waals surface area contributed by atoms with Gasteiger partial charge in [-0.3, -0.25) is 4.79 Å². The minimum atomic E-state index is -0.0581. The van der Waals surface area contributed by atoms with Gasteiger partial charge in [-0.2, -0.15) is 0 Å². The van der Waals surface area contributed by atoms with E-state index < -0.39 is 0 Å². The first-order valence-electron chi connectivity index (χ1n) is 8.46. The predicted octanol–water partition coefficient (Wildman–Crippen LogP) is 2.30. The van der Waals surface area contributed by atoms with Gasteiger partial charge >= 0.3 is 5.97 Å². The van der Waals surface area contributed by atoms with Crippen LogP contribution in [-0.4, -0.2) is 41.7 Å². The van der Waals surface area contributed by atoms with Gasteiger partial charge in [-0.25, -0.2) is 0 Å². The summed E-state index contributed by atoms with van der Waals surface area (Å²) in [6.45, 7) is 3.97. The van der Waals surface area contributed by atoms with Crippen molar-refractivity contribution >= 4 is 23.3 Å². The maximum absolute atomic E-state index is 11.8. The number of carbonyl (C=O) groups is 1. The number of esters is 1. The van der Waals surface area contributed by atoms with E-state index >= 15 is 0 Å². The van der Waals surface area contributed by atoms with E-state index in [9.17, 15) is 4.79 Å². The number of hydrogen-bond donors (Lipinski definition) is 1. The third kappa shape index (κ3) is 3.83. The van der Waals surface area contributed by atoms with Crippen molar-refractivity contribution in [2.24, 2.45) is 5.92 Å². The Kier molecular flexibility index (Phi) is 5.16. The Labute approximate surface area is 143 Å². The molecule has 0 spiro atoms. The Bertz CT molecular complexity index is 557. The molecule has 0 unspecified atom stereocenters. The Balaban J connectivity index is 1.47. The third-order valence-corrected chi connectivity index (χ3v) is 5.16. The van der Waals surface area contributed by atoms with E-state index in [2.05, 4.69) is 34.5 Å². The summed E-state index contributed by atoms with van der Waals surface area (Å²) in [5, 5.41) is 4.33. The average molecular weight is 332 g/mol. The molecule has 1 aliphatic heterocycles. The highest BCUT2D eigenvalue weighted by Gasteiger charge is 2.28. The maximum atomic E-state index is 11.8. The largest absolute Gasteiger partial charge is 0.466 e. The lowest BCUT2D eigenvalue weighted by atomic mass is 9.97. The molecule has 0 atom stereocenters. The standard InChI is InChI=1S/C18H24N2O2S/c1-2-22-17(21)13-7-9-20(10-8-13)18(23)19-16-11-14-5-3-4-6-15(14)12-16/h3-6,13,16H,2,7-12H2,1H3,(H,19,23). The van der Waals surface area contributed by atoms with Crippen LogP contribution in [0.2, 0.25) is 0 Å². The minimum absolute atomic E-state index is 0.0322. The molecule has 1 aromatic rings. The number of rotatable bonds is 3. The first-order chi connectivity index (χ1) is 11.2. The molecule has 1 N–H and O–H groups in total. The van der Waals surface area contributed by atoms with Crippen molar-refractivity contribution in [3.8, 4) is 0 Å². The molecule has 1 heterocycles. The molecular formula is C18H24N2O2S. The first-order valence-corrected chi connectivity index (χ1v) is 8.87. The number of ether oxygens (including phenoxy) is 1. The average Bonchev–Trinajstić information content (AvgIpc) is 2.97. The van der Waals surface area contributed by atoms with E-state index in [1.165, 1.54) is 11.1 Å². The minimum Gasteiger partial charge on any atom is -0.466 e. The summed E-state index contributed by atoms with van der Waals surface area (Å²) in [6, 6.07) is 8.98. The summed E-state index contributed by atoms with van der Waals surface area (Å²) in [4.78, 5) is 14.0. The molecule has 0 amide bonds. The van der Waals surface area contributed by atoms with Crippen molar-refractivity contribution in [3.63, 3.8) is 0 Å². The maximum Gasteiger partial charge on any atom is 0.309 e. The molecule has 4 nitrogen and oxygen atoms in total. The van der Waals surface area contributed by atoms with Crippen LogP contribution in [0.1, 0.15) is 30.9 Å². The van der Waals surface area contributed by atoms with Crippen molar-refractivity contribution in [2.45, 2.75) is 38.6 Å². The Morgan fingerprint density at radius 3 is 2.43 bits per heavy atom. The highest BCUT2D eigenvalue weighted by atomic mass is 32.1. The zero-order valence-electron chi connectivity index (χ0n) is 13.6. The van der Waals surface area contributed by atoms with Crippen molar-refractivity contribution < 1.29 is 9.53 Å². The lowest BCUT2D eigenvalue weighted by Gasteiger charge is -2.33. The predicted molar refractivity (Wildman–Crippen MR) is 94.3 cm³/mol. The van der Waals surface area contributed by atoms with Gasteiger partial charge in [0, 0.05) is 19.1 Å². The van der Waals surface area contributed by atoms with Gasteiger partial charge in [-0.1, -0.05) is 24.3 Å². The van der Waals surface area contributed by atoms with Crippen LogP contribution in [0, 0.1) is 5.92 Å². The van der Waals surface area contributed by atoms with Gasteiger partial charge in [0.15, 0.2) is 5.11 Å². The molecule has 0 saturated carbocycles. The van der Waals surface area contributed by atoms with Crippen molar-refractivity contribution in [3.05, 3.63) is 35.4 Å². The zero-order chi connectivity index (χ0) is 16.2. The highest BCUT2D eigenvalue weighted by Crippen LogP contribution is 2.23. The van der Waals surface area contributed by atoms with E-state index in [1.54, 1.807) is 0 Å². The van der Waals surface area contributed by atoms with E-state index in [0.29, 0.717) is 12.6 Å². The van der Waals surface area contributed by atoms with E-state index in [-0.39, 0.29) is 11.9 Å². The fraction of sp³-hybridized carbons (Fsp3) is 0.556. The highest BCUT2D eigenvalue weighted by molar-refractivity contribution is 7.80. The number of carbonyl (C=O) groups excluding carboxylic acids is 1. The Morgan fingerprint density at radius 2 is 1.87 bits per heavy atom. The first kappa shape index (κ1) is 16.2. The summed E-state index contributed by atoms with van der Waals surface area (Å²) >= 11 is 5.58. The lowest BCUT2D eigenvalue weighted by Crippen LogP contribution is -2.48. The van der Waals surface area contributed by atoms with Crippen molar-refractivity contribution in [1.82, 2.24) is 10.2 Å². The van der Waals surface area contributed by atoms with Gasteiger partial charge in [0.2, 0.25) is 0 Å². The van der Waals surface area contributed by atoms with Gasteiger partial charge in [-0.05, 0) is 56.0 Å². The summed E-state index contributed by atoms with van der Waals surface area (Å²) < 4.78 is 5.11. The monoisotopic (exact) mass is 332 g/mol. The Morgan fingerprint density at radius 1 is 1.26 bits per heavy atom. The molecule has 5 heteroatoms. The van der Waals surface area contributed by atoms with Gasteiger partial charge in [0.05, 0.1) is 12.5 Å². The van der Waals surface area contributed by atoms with Gasteiger partial charge < -0.3 is 15.0 Å². The molecule has 23 heavy (non-hydrogen) atoms. The number of piperidine rings is 1. The molecule has 1 aromatic carbocycles. The second-order valence-electron chi connectivity index (χ2n) is 6.34. The number of nitrogens with zero attached hydrogens (tertiary/aromatic N) is 1. The molecule has 0 aromatic heterocycles. The molecule has 2 aliphatic rings. The molecule has 0 bridgehead atoms. The smallest absolute Gasteiger partial charge is 0.309 e. The van der Waals surface area contributed by atoms with Crippen molar-refractivity contribution in [2.75, 3.05) is 19.7 Å². The van der Waals surface area contributed by atoms with E-state index in [0.717, 1.165) is 43.9 Å². The second kappa shape index (κ2) is 7.30. The van der Waals surface area contributed by atoms with E-state index in [1.807, 2.05) is 6.92 Å². The molecule has 0 radical (unpaired) electrons. The fourth-order valence-corrected chi connectivity index (χ4v) is 3.85. The molecule has 1 fully saturated rings. The van der Waals surface area contributed by atoms with Crippen LogP contribution in [0.5, 0.6) is 0 Å². The SMILES string of the molecule is CCOC(=O)C1CCN(C(=S)NC2Cc3ccccc3C2)CC1. The molecule has 1 aliphatic carbocycles. The topological polar surface area (TPSA) is 41.6 Å². The van der Waals surface area contributed by atoms with Gasteiger partial charge in [-0.15, -0.1) is 0 Å². The fourth-order valence-electron chi connectivity index (χ4n) is 3.51. The number of fused-ring (bicyclic) bond motifs is 1. The quantitative estimate of drug-likeness (QED) is 0.679. The van der Waals surface area contributed by atoms with Gasteiger partial charge in [0.1, 0.15) is 0 Å². The summed E-state index contributed by atoms with van der Waals surface area (Å²) in [5.41, 5.74) is 2.85. The van der Waals surface area contributed by atoms with Crippen LogP contribution < -0.4 is 5.32 Å². The molecule has 3 rings (SSSR count). The lowest BCUT2D eigenvalue weighted by molar-refractivity contribution is -0.149. The van der Waals surface area contributed by atoms with E-state index in [4.69, 9.17) is 17.0 Å². The molecular weight excluding hydrogens is 308 g/mol. The van der Waals surface area contributed by atoms with Crippen LogP contribution in [0.3, 0.4) is 0 Å². The summed E-state index contributed by atoms with van der Waals surface area (Å²) in [7, 11) is 0. The normalized spacial score (nSPS) is 18.6. The number of thiocarbonyl (C=S) groups is 1. The molecule has 124 valence electrons. The third-order valence-electron chi connectivity index (χ3n) is 4.78. The molecule has 1 saturated heterocycles. The number of hydrogen-bond acceptors (Lipinski definition) is 3. The summed E-state index contributed by atoms with van der Waals surface area (Å²) in [5.74, 6) is -0.0259. The number of likely N-dealkylation sites (tertiary alicyclic amines) is 1. The van der Waals surface area contributed by atoms with Crippen LogP contribution >= 0.6 is 12.2 Å². The van der Waals surface area contributed by atoms with Gasteiger partial charge in [0.25, 0.3) is 0 Å². The zero-order valence-corrected chi connectivity index (χ0v) is 14.4. The second-order valence-corrected chi connectivity index (χ2v) is 6.72. The Hall–Kier alpha value is -1.62. The van der Waals surface area contributed by atoms with Crippen LogP contribution in [0.4, 0.5) is 0 Å². The van der Waals surface area contributed by atoms with Crippen molar-refractivity contribution in [1.29, 1.82) is 0 Å².